The number of nitrogens with zero attached hydrogens (tertiary/aromatic N) is 3. The van der Waals surface area contributed by atoms with E-state index in [-0.39, 0.29) is 5.91 Å². The van der Waals surface area contributed by atoms with Crippen molar-refractivity contribution in [3.05, 3.63) is 67.1 Å². The highest BCUT2D eigenvalue weighted by molar-refractivity contribution is 5.73. The highest BCUT2D eigenvalue weighted by atomic mass is 16.2. The third-order valence-corrected chi connectivity index (χ3v) is 4.22. The molecular weight excluding hydrogens is 348 g/mol. The van der Waals surface area contributed by atoms with E-state index in [0.29, 0.717) is 6.42 Å². The maximum atomic E-state index is 11.4. The molecule has 0 aliphatic carbocycles. The molecule has 0 bridgehead atoms. The molecule has 1 aliphatic rings. The summed E-state index contributed by atoms with van der Waals surface area (Å²) in [5.41, 5.74) is 2.92. The standard InChI is InChI=1S/C21H28N4O.C2H6/c1-5-6-7-8-17(2)15-18(3)23-21-10-9-20(16-22-21)25-13-11-24(12-14-25)19(4)26;1-2/h5-10,16H,2-3,11-15H2,1,4H3,(H,22,23);1-2H3/b6-5+,8-7+;. The van der Waals surface area contributed by atoms with Gasteiger partial charge in [-0.1, -0.05) is 51.3 Å². The number of piperazine rings is 1. The number of allylic oxidation sites excluding steroid dienone is 5. The molecule has 1 N–H and O–H groups in total. The van der Waals surface area contributed by atoms with Gasteiger partial charge in [0.2, 0.25) is 5.91 Å². The molecule has 0 unspecified atom stereocenters. The minimum absolute atomic E-state index is 0.142. The third-order valence-electron chi connectivity index (χ3n) is 4.22. The second kappa shape index (κ2) is 12.5. The van der Waals surface area contributed by atoms with Crippen LogP contribution in [0.1, 0.15) is 34.1 Å². The van der Waals surface area contributed by atoms with Crippen molar-refractivity contribution in [3.8, 4) is 0 Å². The number of anilines is 2. The van der Waals surface area contributed by atoms with Crippen LogP contribution in [0.3, 0.4) is 0 Å². The van der Waals surface area contributed by atoms with E-state index in [0.717, 1.165) is 49.0 Å². The second-order valence-electron chi connectivity index (χ2n) is 6.34. The van der Waals surface area contributed by atoms with Crippen LogP contribution < -0.4 is 10.2 Å². The summed E-state index contributed by atoms with van der Waals surface area (Å²) >= 11 is 0. The predicted molar refractivity (Wildman–Crippen MR) is 121 cm³/mol. The lowest BCUT2D eigenvalue weighted by molar-refractivity contribution is -0.129. The number of nitrogens with one attached hydrogen (secondary N) is 1. The summed E-state index contributed by atoms with van der Waals surface area (Å²) in [4.78, 5) is 20.0. The van der Waals surface area contributed by atoms with E-state index in [4.69, 9.17) is 0 Å². The largest absolute Gasteiger partial charge is 0.367 e. The van der Waals surface area contributed by atoms with Crippen LogP contribution >= 0.6 is 0 Å². The first kappa shape index (κ1) is 23.2. The molecule has 1 aliphatic heterocycles. The number of aromatic nitrogens is 1. The van der Waals surface area contributed by atoms with Crippen LogP contribution in [-0.2, 0) is 4.79 Å². The van der Waals surface area contributed by atoms with E-state index in [2.05, 4.69) is 28.4 Å². The van der Waals surface area contributed by atoms with Crippen LogP contribution in [0.4, 0.5) is 11.5 Å². The van der Waals surface area contributed by atoms with Crippen LogP contribution in [-0.4, -0.2) is 42.0 Å². The molecule has 5 nitrogen and oxygen atoms in total. The molecule has 28 heavy (non-hydrogen) atoms. The van der Waals surface area contributed by atoms with Crippen LogP contribution in [0.25, 0.3) is 0 Å². The second-order valence-corrected chi connectivity index (χ2v) is 6.34. The van der Waals surface area contributed by atoms with Crippen LogP contribution in [0, 0.1) is 0 Å². The third kappa shape index (κ3) is 7.82. The maximum absolute atomic E-state index is 11.4. The van der Waals surface area contributed by atoms with Crippen molar-refractivity contribution in [2.24, 2.45) is 0 Å². The van der Waals surface area contributed by atoms with Gasteiger partial charge in [0.15, 0.2) is 0 Å². The van der Waals surface area contributed by atoms with Gasteiger partial charge in [-0.05, 0) is 24.6 Å². The maximum Gasteiger partial charge on any atom is 0.219 e. The van der Waals surface area contributed by atoms with E-state index in [1.165, 1.54) is 0 Å². The first-order valence-electron chi connectivity index (χ1n) is 9.88. The molecule has 0 atom stereocenters. The number of hydrogen-bond donors (Lipinski definition) is 1. The Morgan fingerprint density at radius 1 is 1.18 bits per heavy atom. The molecule has 2 heterocycles. The summed E-state index contributed by atoms with van der Waals surface area (Å²) in [5.74, 6) is 0.911. The molecule has 1 aromatic heterocycles. The zero-order chi connectivity index (χ0) is 20.9. The van der Waals surface area contributed by atoms with Gasteiger partial charge >= 0.3 is 0 Å². The number of rotatable bonds is 7. The molecule has 5 heteroatoms. The van der Waals surface area contributed by atoms with Crippen molar-refractivity contribution in [1.29, 1.82) is 0 Å². The fourth-order valence-electron chi connectivity index (χ4n) is 2.79. The van der Waals surface area contributed by atoms with Gasteiger partial charge in [-0.3, -0.25) is 4.79 Å². The fraction of sp³-hybridized carbons (Fsp3) is 0.391. The quantitative estimate of drug-likeness (QED) is 0.690. The van der Waals surface area contributed by atoms with E-state index >= 15 is 0 Å². The Hall–Kier alpha value is -2.82. The zero-order valence-electron chi connectivity index (χ0n) is 17.7. The van der Waals surface area contributed by atoms with Crippen LogP contribution in [0.5, 0.6) is 0 Å². The zero-order valence-corrected chi connectivity index (χ0v) is 17.7. The lowest BCUT2D eigenvalue weighted by Gasteiger charge is -2.35. The van der Waals surface area contributed by atoms with Gasteiger partial charge in [0.05, 0.1) is 11.9 Å². The fourth-order valence-corrected chi connectivity index (χ4v) is 2.79. The first-order valence-corrected chi connectivity index (χ1v) is 9.88. The number of carbonyl (C=O) groups excluding carboxylic acids is 1. The molecule has 0 aromatic carbocycles. The van der Waals surface area contributed by atoms with Gasteiger partial charge < -0.3 is 15.1 Å². The topological polar surface area (TPSA) is 48.5 Å². The van der Waals surface area contributed by atoms with E-state index in [1.807, 2.05) is 68.3 Å². The SMILES string of the molecule is C=C(/C=C/C=C/C)CC(=C)Nc1ccc(N2CCN(C(C)=O)CC2)cn1.CC. The van der Waals surface area contributed by atoms with Crippen molar-refractivity contribution in [2.75, 3.05) is 36.4 Å². The minimum atomic E-state index is 0.142. The van der Waals surface area contributed by atoms with E-state index in [1.54, 1.807) is 6.92 Å². The molecule has 2 rings (SSSR count). The summed E-state index contributed by atoms with van der Waals surface area (Å²) in [6, 6.07) is 4.00. The number of hydrogen-bond acceptors (Lipinski definition) is 4. The van der Waals surface area contributed by atoms with Crippen molar-refractivity contribution < 1.29 is 4.79 Å². The highest BCUT2D eigenvalue weighted by Gasteiger charge is 2.18. The molecule has 152 valence electrons. The van der Waals surface area contributed by atoms with Gasteiger partial charge in [-0.25, -0.2) is 4.98 Å². The van der Waals surface area contributed by atoms with Gasteiger partial charge in [-0.15, -0.1) is 0 Å². The molecule has 0 saturated carbocycles. The van der Waals surface area contributed by atoms with Crippen LogP contribution in [0.15, 0.2) is 67.1 Å². The number of carbonyl (C=O) groups is 1. The molecule has 1 saturated heterocycles. The van der Waals surface area contributed by atoms with Gasteiger partial charge in [0.1, 0.15) is 5.82 Å². The molecule has 1 amide bonds. The Bertz CT molecular complexity index is 696. The Morgan fingerprint density at radius 2 is 1.86 bits per heavy atom. The summed E-state index contributed by atoms with van der Waals surface area (Å²) in [6.45, 7) is 18.9. The molecule has 0 radical (unpaired) electrons. The molecule has 0 spiro atoms. The van der Waals surface area contributed by atoms with E-state index in [9.17, 15) is 4.79 Å². The smallest absolute Gasteiger partial charge is 0.219 e. The Labute approximate surface area is 170 Å². The average molecular weight is 383 g/mol. The van der Waals surface area contributed by atoms with Gasteiger partial charge in [0.25, 0.3) is 0 Å². The highest BCUT2D eigenvalue weighted by Crippen LogP contribution is 2.19. The van der Waals surface area contributed by atoms with Crippen molar-refractivity contribution in [3.63, 3.8) is 0 Å². The first-order chi connectivity index (χ1) is 13.5. The molecule has 1 fully saturated rings. The lowest BCUT2D eigenvalue weighted by atomic mass is 10.1. The Morgan fingerprint density at radius 3 is 2.39 bits per heavy atom. The Balaban J connectivity index is 0.00000190. The van der Waals surface area contributed by atoms with Crippen molar-refractivity contribution >= 4 is 17.4 Å². The summed E-state index contributed by atoms with van der Waals surface area (Å²) < 4.78 is 0. The van der Waals surface area contributed by atoms with Crippen LogP contribution in [0.2, 0.25) is 0 Å². The van der Waals surface area contributed by atoms with Crippen molar-refractivity contribution in [2.45, 2.75) is 34.1 Å². The number of amides is 1. The van der Waals surface area contributed by atoms with Crippen molar-refractivity contribution in [1.82, 2.24) is 9.88 Å². The lowest BCUT2D eigenvalue weighted by Crippen LogP contribution is -2.48. The molecular formula is C23H34N4O. The normalized spacial score (nSPS) is 14.0. The minimum Gasteiger partial charge on any atom is -0.367 e. The summed E-state index contributed by atoms with van der Waals surface area (Å²) in [6.07, 6.45) is 10.4. The van der Waals surface area contributed by atoms with E-state index < -0.39 is 0 Å². The molecule has 1 aromatic rings. The Kier molecular flexibility index (Phi) is 10.4. The summed E-state index contributed by atoms with van der Waals surface area (Å²) in [7, 11) is 0. The van der Waals surface area contributed by atoms with Gasteiger partial charge in [0, 0.05) is 45.2 Å². The average Bonchev–Trinajstić information content (AvgIpc) is 2.70. The van der Waals surface area contributed by atoms with Gasteiger partial charge in [-0.2, -0.15) is 0 Å². The summed E-state index contributed by atoms with van der Waals surface area (Å²) in [5, 5.41) is 3.23. The predicted octanol–water partition coefficient (Wildman–Crippen LogP) is 4.78. The monoisotopic (exact) mass is 382 g/mol. The number of pyridine rings is 1.